The van der Waals surface area contributed by atoms with Crippen LogP contribution < -0.4 is 10.5 Å². The number of ether oxygens (including phenoxy) is 1. The van der Waals surface area contributed by atoms with E-state index in [9.17, 15) is 4.39 Å². The van der Waals surface area contributed by atoms with Crippen LogP contribution in [0.25, 0.3) is 11.3 Å². The zero-order chi connectivity index (χ0) is 13.1. The van der Waals surface area contributed by atoms with Crippen molar-refractivity contribution in [3.63, 3.8) is 0 Å². The van der Waals surface area contributed by atoms with Gasteiger partial charge in [-0.1, -0.05) is 0 Å². The van der Waals surface area contributed by atoms with E-state index in [1.54, 1.807) is 13.2 Å². The Kier molecular flexibility index (Phi) is 3.62. The highest BCUT2D eigenvalue weighted by Gasteiger charge is 2.12. The average Bonchev–Trinajstić information content (AvgIpc) is 2.71. The molecular formula is C13H16FN3O. The molecule has 1 aromatic carbocycles. The van der Waals surface area contributed by atoms with Gasteiger partial charge in [0.2, 0.25) is 0 Å². The quantitative estimate of drug-likeness (QED) is 0.901. The third-order valence-corrected chi connectivity index (χ3v) is 2.78. The van der Waals surface area contributed by atoms with Gasteiger partial charge in [-0.25, -0.2) is 9.37 Å². The molecule has 0 unspecified atom stereocenters. The molecular weight excluding hydrogens is 233 g/mol. The largest absolute Gasteiger partial charge is 0.496 e. The first-order valence-corrected chi connectivity index (χ1v) is 5.73. The van der Waals surface area contributed by atoms with E-state index in [1.807, 2.05) is 17.7 Å². The van der Waals surface area contributed by atoms with Crippen molar-refractivity contribution in [3.8, 4) is 17.0 Å². The molecule has 5 heteroatoms. The molecule has 0 bridgehead atoms. The van der Waals surface area contributed by atoms with Crippen LogP contribution in [-0.4, -0.2) is 23.2 Å². The minimum atomic E-state index is -0.308. The fourth-order valence-electron chi connectivity index (χ4n) is 1.88. The minimum absolute atomic E-state index is 0.308. The molecule has 0 saturated carbocycles. The minimum Gasteiger partial charge on any atom is -0.496 e. The normalized spacial score (nSPS) is 10.7. The lowest BCUT2D eigenvalue weighted by Gasteiger charge is -2.05. The molecule has 0 saturated heterocycles. The Labute approximate surface area is 105 Å². The molecule has 0 atom stereocenters. The summed E-state index contributed by atoms with van der Waals surface area (Å²) in [6.45, 7) is 3.12. The number of halogens is 1. The van der Waals surface area contributed by atoms with Crippen molar-refractivity contribution in [2.45, 2.75) is 13.5 Å². The van der Waals surface area contributed by atoms with E-state index in [1.165, 1.54) is 12.1 Å². The summed E-state index contributed by atoms with van der Waals surface area (Å²) >= 11 is 0. The van der Waals surface area contributed by atoms with Gasteiger partial charge in [0, 0.05) is 24.8 Å². The van der Waals surface area contributed by atoms with Crippen LogP contribution in [0.15, 0.2) is 24.4 Å². The lowest BCUT2D eigenvalue weighted by atomic mass is 10.1. The Morgan fingerprint density at radius 1 is 1.44 bits per heavy atom. The standard InChI is InChI=1S/C13H16FN3O/c1-9-16-12(8-17(9)6-5-15)11-7-10(14)3-4-13(11)18-2/h3-4,7-8H,5-6,15H2,1-2H3. The molecule has 0 amide bonds. The van der Waals surface area contributed by atoms with Crippen LogP contribution in [0.1, 0.15) is 5.82 Å². The number of nitrogens with zero attached hydrogens (tertiary/aromatic N) is 2. The lowest BCUT2D eigenvalue weighted by molar-refractivity contribution is 0.415. The fourth-order valence-corrected chi connectivity index (χ4v) is 1.88. The highest BCUT2D eigenvalue weighted by Crippen LogP contribution is 2.29. The van der Waals surface area contributed by atoms with Gasteiger partial charge in [-0.2, -0.15) is 0 Å². The second kappa shape index (κ2) is 5.18. The van der Waals surface area contributed by atoms with E-state index >= 15 is 0 Å². The number of hydrogen-bond donors (Lipinski definition) is 1. The van der Waals surface area contributed by atoms with Crippen LogP contribution in [0, 0.1) is 12.7 Å². The number of benzene rings is 1. The summed E-state index contributed by atoms with van der Waals surface area (Å²) in [4.78, 5) is 4.41. The summed E-state index contributed by atoms with van der Waals surface area (Å²) in [6.07, 6.45) is 1.86. The molecule has 0 aliphatic carbocycles. The van der Waals surface area contributed by atoms with E-state index < -0.39 is 0 Å². The average molecular weight is 249 g/mol. The highest BCUT2D eigenvalue weighted by atomic mass is 19.1. The van der Waals surface area contributed by atoms with Gasteiger partial charge < -0.3 is 15.0 Å². The SMILES string of the molecule is COc1ccc(F)cc1-c1cn(CCN)c(C)n1. The fraction of sp³-hybridized carbons (Fsp3) is 0.308. The zero-order valence-corrected chi connectivity index (χ0v) is 10.5. The number of aromatic nitrogens is 2. The third kappa shape index (κ3) is 2.36. The Morgan fingerprint density at radius 2 is 2.22 bits per heavy atom. The molecule has 0 fully saturated rings. The van der Waals surface area contributed by atoms with Crippen molar-refractivity contribution >= 4 is 0 Å². The molecule has 18 heavy (non-hydrogen) atoms. The van der Waals surface area contributed by atoms with Crippen molar-refractivity contribution in [1.82, 2.24) is 9.55 Å². The number of rotatable bonds is 4. The maximum atomic E-state index is 13.3. The van der Waals surface area contributed by atoms with Gasteiger partial charge in [0.25, 0.3) is 0 Å². The van der Waals surface area contributed by atoms with Gasteiger partial charge in [-0.15, -0.1) is 0 Å². The second-order valence-electron chi connectivity index (χ2n) is 4.00. The van der Waals surface area contributed by atoms with Gasteiger partial charge in [-0.05, 0) is 25.1 Å². The molecule has 1 heterocycles. The summed E-state index contributed by atoms with van der Waals surface area (Å²) in [5.41, 5.74) is 6.87. The van der Waals surface area contributed by atoms with Crippen molar-refractivity contribution in [2.24, 2.45) is 5.73 Å². The van der Waals surface area contributed by atoms with Gasteiger partial charge in [0.15, 0.2) is 0 Å². The third-order valence-electron chi connectivity index (χ3n) is 2.78. The summed E-state index contributed by atoms with van der Waals surface area (Å²) in [5.74, 6) is 1.15. The Morgan fingerprint density at radius 3 is 2.89 bits per heavy atom. The Bertz CT molecular complexity index is 551. The molecule has 4 nitrogen and oxygen atoms in total. The molecule has 0 radical (unpaired) electrons. The predicted molar refractivity (Wildman–Crippen MR) is 68.0 cm³/mol. The molecule has 2 rings (SSSR count). The molecule has 0 aliphatic heterocycles. The molecule has 1 aromatic heterocycles. The van der Waals surface area contributed by atoms with Crippen LogP contribution in [-0.2, 0) is 6.54 Å². The summed E-state index contributed by atoms with van der Waals surface area (Å²) in [5, 5.41) is 0. The van der Waals surface area contributed by atoms with E-state index in [0.717, 1.165) is 5.82 Å². The van der Waals surface area contributed by atoms with E-state index in [2.05, 4.69) is 4.98 Å². The molecule has 0 spiro atoms. The van der Waals surface area contributed by atoms with Gasteiger partial charge in [0.05, 0.1) is 12.8 Å². The maximum Gasteiger partial charge on any atom is 0.128 e. The van der Waals surface area contributed by atoms with Crippen molar-refractivity contribution in [1.29, 1.82) is 0 Å². The Balaban J connectivity index is 2.47. The molecule has 0 aliphatic rings. The smallest absolute Gasteiger partial charge is 0.128 e. The van der Waals surface area contributed by atoms with Crippen LogP contribution in [0.5, 0.6) is 5.75 Å². The molecule has 2 N–H and O–H groups in total. The van der Waals surface area contributed by atoms with Crippen molar-refractivity contribution < 1.29 is 9.13 Å². The Hall–Kier alpha value is -1.88. The first-order valence-electron chi connectivity index (χ1n) is 5.73. The molecule has 2 aromatic rings. The van der Waals surface area contributed by atoms with Gasteiger partial charge in [-0.3, -0.25) is 0 Å². The number of nitrogens with two attached hydrogens (primary N) is 1. The van der Waals surface area contributed by atoms with E-state index in [4.69, 9.17) is 10.5 Å². The van der Waals surface area contributed by atoms with Gasteiger partial charge in [0.1, 0.15) is 17.4 Å². The monoisotopic (exact) mass is 249 g/mol. The number of aryl methyl sites for hydroxylation is 1. The zero-order valence-electron chi connectivity index (χ0n) is 10.5. The van der Waals surface area contributed by atoms with Crippen molar-refractivity contribution in [3.05, 3.63) is 36.0 Å². The van der Waals surface area contributed by atoms with Crippen LogP contribution in [0.4, 0.5) is 4.39 Å². The predicted octanol–water partition coefficient (Wildman–Crippen LogP) is 1.96. The summed E-state index contributed by atoms with van der Waals surface area (Å²) in [7, 11) is 1.56. The number of hydrogen-bond acceptors (Lipinski definition) is 3. The second-order valence-corrected chi connectivity index (χ2v) is 4.00. The van der Waals surface area contributed by atoms with Gasteiger partial charge >= 0.3 is 0 Å². The first-order chi connectivity index (χ1) is 8.65. The lowest BCUT2D eigenvalue weighted by Crippen LogP contribution is -2.10. The molecule has 96 valence electrons. The topological polar surface area (TPSA) is 53.1 Å². The van der Waals surface area contributed by atoms with E-state index in [-0.39, 0.29) is 5.82 Å². The van der Waals surface area contributed by atoms with Crippen LogP contribution >= 0.6 is 0 Å². The summed E-state index contributed by atoms with van der Waals surface area (Å²) in [6, 6.07) is 4.39. The van der Waals surface area contributed by atoms with Crippen LogP contribution in [0.2, 0.25) is 0 Å². The number of methoxy groups -OCH3 is 1. The maximum absolute atomic E-state index is 13.3. The van der Waals surface area contributed by atoms with Crippen molar-refractivity contribution in [2.75, 3.05) is 13.7 Å². The number of imidazole rings is 1. The van der Waals surface area contributed by atoms with Crippen LogP contribution in [0.3, 0.4) is 0 Å². The van der Waals surface area contributed by atoms with E-state index in [0.29, 0.717) is 30.1 Å². The summed E-state index contributed by atoms with van der Waals surface area (Å²) < 4.78 is 20.5. The highest BCUT2D eigenvalue weighted by molar-refractivity contribution is 5.67. The first kappa shape index (κ1) is 12.6.